The quantitative estimate of drug-likeness (QED) is 0.674. The number of rotatable bonds is 1. The van der Waals surface area contributed by atoms with Crippen LogP contribution in [0.5, 0.6) is 0 Å². The van der Waals surface area contributed by atoms with Crippen LogP contribution in [0.4, 0.5) is 5.69 Å². The zero-order valence-electron chi connectivity index (χ0n) is 8.12. The van der Waals surface area contributed by atoms with Crippen LogP contribution in [0.15, 0.2) is 42.5 Å². The summed E-state index contributed by atoms with van der Waals surface area (Å²) < 4.78 is 0. The zero-order chi connectivity index (χ0) is 9.97. The molecule has 0 amide bonds. The van der Waals surface area contributed by atoms with Gasteiger partial charge in [-0.25, -0.2) is 0 Å². The highest BCUT2D eigenvalue weighted by molar-refractivity contribution is 5.68. The molecular formula is C13H12N. The minimum atomic E-state index is 0.798. The largest absolute Gasteiger partial charge is 0.399 e. The van der Waals surface area contributed by atoms with Crippen molar-refractivity contribution >= 4 is 5.69 Å². The van der Waals surface area contributed by atoms with Crippen molar-refractivity contribution in [3.63, 3.8) is 0 Å². The van der Waals surface area contributed by atoms with E-state index in [1.54, 1.807) is 0 Å². The highest BCUT2D eigenvalue weighted by Crippen LogP contribution is 2.23. The molecule has 69 valence electrons. The fourth-order valence-corrected chi connectivity index (χ4v) is 1.50. The van der Waals surface area contributed by atoms with E-state index in [0.29, 0.717) is 0 Å². The molecular weight excluding hydrogens is 170 g/mol. The summed E-state index contributed by atoms with van der Waals surface area (Å²) in [6.07, 6.45) is 0. The highest BCUT2D eigenvalue weighted by Gasteiger charge is 1.99. The molecule has 2 rings (SSSR count). The molecule has 0 spiro atoms. The average molecular weight is 182 g/mol. The Morgan fingerprint density at radius 2 is 1.79 bits per heavy atom. The first-order valence-electron chi connectivity index (χ1n) is 4.60. The molecule has 1 radical (unpaired) electrons. The molecule has 2 aromatic rings. The second-order valence-electron chi connectivity index (χ2n) is 3.33. The van der Waals surface area contributed by atoms with Crippen LogP contribution < -0.4 is 5.73 Å². The number of benzene rings is 2. The summed E-state index contributed by atoms with van der Waals surface area (Å²) in [5, 5.41) is 0. The summed E-state index contributed by atoms with van der Waals surface area (Å²) in [7, 11) is 0. The minimum Gasteiger partial charge on any atom is -0.399 e. The van der Waals surface area contributed by atoms with Crippen molar-refractivity contribution in [1.29, 1.82) is 0 Å². The van der Waals surface area contributed by atoms with Gasteiger partial charge in [0.2, 0.25) is 0 Å². The molecule has 14 heavy (non-hydrogen) atoms. The van der Waals surface area contributed by atoms with Gasteiger partial charge in [-0.2, -0.15) is 0 Å². The van der Waals surface area contributed by atoms with Crippen LogP contribution in [-0.2, 0) is 0 Å². The lowest BCUT2D eigenvalue weighted by atomic mass is 10.0. The molecule has 0 saturated heterocycles. The third kappa shape index (κ3) is 1.62. The molecule has 0 aromatic heterocycles. The van der Waals surface area contributed by atoms with Crippen LogP contribution >= 0.6 is 0 Å². The van der Waals surface area contributed by atoms with Gasteiger partial charge in [0.25, 0.3) is 0 Å². The van der Waals surface area contributed by atoms with Gasteiger partial charge in [0, 0.05) is 5.69 Å². The first kappa shape index (κ1) is 8.82. The van der Waals surface area contributed by atoms with Crippen LogP contribution in [0.1, 0.15) is 5.56 Å². The van der Waals surface area contributed by atoms with E-state index in [9.17, 15) is 0 Å². The Morgan fingerprint density at radius 3 is 2.43 bits per heavy atom. The normalized spacial score (nSPS) is 10.1. The van der Waals surface area contributed by atoms with Gasteiger partial charge >= 0.3 is 0 Å². The van der Waals surface area contributed by atoms with Crippen molar-refractivity contribution in [1.82, 2.24) is 0 Å². The predicted octanol–water partition coefficient (Wildman–Crippen LogP) is 3.04. The van der Waals surface area contributed by atoms with Gasteiger partial charge in [-0.15, -0.1) is 0 Å². The van der Waals surface area contributed by atoms with Crippen LogP contribution in [-0.4, -0.2) is 0 Å². The average Bonchev–Trinajstić information content (AvgIpc) is 2.20. The molecule has 0 aliphatic heterocycles. The van der Waals surface area contributed by atoms with E-state index in [-0.39, 0.29) is 0 Å². The van der Waals surface area contributed by atoms with E-state index in [1.807, 2.05) is 36.4 Å². The molecule has 0 saturated carbocycles. The Labute approximate surface area is 84.2 Å². The summed E-state index contributed by atoms with van der Waals surface area (Å²) in [5.41, 5.74) is 10.0. The standard InChI is InChI=1S/C13H12N/c1-10-4-2-3-5-13(10)11-6-8-12(14)9-7-11/h2-3,5-9H,14H2,1H3. The summed E-state index contributed by atoms with van der Waals surface area (Å²) in [5.74, 6) is 0. The van der Waals surface area contributed by atoms with Crippen molar-refractivity contribution in [2.24, 2.45) is 0 Å². The van der Waals surface area contributed by atoms with Crippen LogP contribution in [0, 0.1) is 13.0 Å². The van der Waals surface area contributed by atoms with E-state index < -0.39 is 0 Å². The summed E-state index contributed by atoms with van der Waals surface area (Å²) in [6.45, 7) is 2.06. The van der Waals surface area contributed by atoms with Crippen molar-refractivity contribution in [2.75, 3.05) is 5.73 Å². The third-order valence-corrected chi connectivity index (χ3v) is 2.28. The van der Waals surface area contributed by atoms with Gasteiger partial charge in [-0.05, 0) is 41.8 Å². The van der Waals surface area contributed by atoms with E-state index in [4.69, 9.17) is 5.73 Å². The van der Waals surface area contributed by atoms with Gasteiger partial charge in [0.15, 0.2) is 0 Å². The number of hydrogen-bond acceptors (Lipinski definition) is 1. The number of nitrogens with two attached hydrogens (primary N) is 1. The van der Waals surface area contributed by atoms with E-state index >= 15 is 0 Å². The molecule has 1 nitrogen and oxygen atoms in total. The maximum absolute atomic E-state index is 5.63. The van der Waals surface area contributed by atoms with Crippen molar-refractivity contribution in [3.8, 4) is 11.1 Å². The Morgan fingerprint density at radius 1 is 1.07 bits per heavy atom. The predicted molar refractivity (Wildman–Crippen MR) is 59.9 cm³/mol. The molecule has 1 heteroatoms. The maximum Gasteiger partial charge on any atom is 0.0314 e. The van der Waals surface area contributed by atoms with Gasteiger partial charge in [0.05, 0.1) is 0 Å². The summed E-state index contributed by atoms with van der Waals surface area (Å²) in [4.78, 5) is 0. The molecule has 0 aliphatic carbocycles. The van der Waals surface area contributed by atoms with Gasteiger partial charge in [-0.1, -0.05) is 30.3 Å². The fourth-order valence-electron chi connectivity index (χ4n) is 1.50. The number of hydrogen-bond donors (Lipinski definition) is 1. The Hall–Kier alpha value is -1.76. The lowest BCUT2D eigenvalue weighted by Crippen LogP contribution is -1.85. The molecule has 0 atom stereocenters. The van der Waals surface area contributed by atoms with Gasteiger partial charge < -0.3 is 5.73 Å². The van der Waals surface area contributed by atoms with E-state index in [2.05, 4.69) is 19.1 Å². The second kappa shape index (κ2) is 3.54. The van der Waals surface area contributed by atoms with Crippen LogP contribution in [0.3, 0.4) is 0 Å². The van der Waals surface area contributed by atoms with Crippen molar-refractivity contribution in [3.05, 3.63) is 54.1 Å². The summed E-state index contributed by atoms with van der Waals surface area (Å²) >= 11 is 0. The molecule has 0 bridgehead atoms. The Kier molecular flexibility index (Phi) is 2.23. The van der Waals surface area contributed by atoms with Gasteiger partial charge in [0.1, 0.15) is 0 Å². The minimum absolute atomic E-state index is 0.798. The van der Waals surface area contributed by atoms with Gasteiger partial charge in [-0.3, -0.25) is 0 Å². The molecule has 2 N–H and O–H groups in total. The molecule has 0 aliphatic rings. The zero-order valence-corrected chi connectivity index (χ0v) is 8.12. The van der Waals surface area contributed by atoms with Crippen molar-refractivity contribution in [2.45, 2.75) is 6.92 Å². The second-order valence-corrected chi connectivity index (χ2v) is 3.33. The van der Waals surface area contributed by atoms with Crippen LogP contribution in [0.25, 0.3) is 11.1 Å². The lowest BCUT2D eigenvalue weighted by molar-refractivity contribution is 1.45. The Balaban J connectivity index is 2.50. The number of aryl methyl sites for hydroxylation is 1. The van der Waals surface area contributed by atoms with E-state index in [1.165, 1.54) is 11.1 Å². The van der Waals surface area contributed by atoms with Crippen molar-refractivity contribution < 1.29 is 0 Å². The highest BCUT2D eigenvalue weighted by atomic mass is 14.5. The lowest BCUT2D eigenvalue weighted by Gasteiger charge is -2.05. The summed E-state index contributed by atoms with van der Waals surface area (Å²) in [6, 6.07) is 17.1. The molecule has 0 heterocycles. The monoisotopic (exact) mass is 182 g/mol. The SMILES string of the molecule is Cc1[c]cccc1-c1ccc(N)cc1. The maximum atomic E-state index is 5.63. The van der Waals surface area contributed by atoms with Crippen LogP contribution in [0.2, 0.25) is 0 Å². The molecule has 0 fully saturated rings. The third-order valence-electron chi connectivity index (χ3n) is 2.28. The first-order chi connectivity index (χ1) is 6.77. The molecule has 2 aromatic carbocycles. The van der Waals surface area contributed by atoms with E-state index in [0.717, 1.165) is 11.3 Å². The molecule has 0 unspecified atom stereocenters. The topological polar surface area (TPSA) is 26.0 Å². The smallest absolute Gasteiger partial charge is 0.0314 e. The first-order valence-corrected chi connectivity index (χ1v) is 4.60. The fraction of sp³-hybridized carbons (Fsp3) is 0.0769. The Bertz CT molecular complexity index is 429. The number of anilines is 1. The number of nitrogen functional groups attached to an aromatic ring is 1.